The number of nitrogens with one attached hydrogen (secondary N) is 1. The molecular formula is C27H29N3O6. The van der Waals surface area contributed by atoms with E-state index in [1.807, 2.05) is 45.0 Å². The first kappa shape index (κ1) is 24.8. The lowest BCUT2D eigenvalue weighted by Crippen LogP contribution is -2.52. The predicted octanol–water partition coefficient (Wildman–Crippen LogP) is 5.33. The molecule has 0 aromatic heterocycles. The van der Waals surface area contributed by atoms with Crippen LogP contribution in [0, 0.1) is 17.0 Å². The number of carbonyl (C=O) groups excluding carboxylic acids is 1. The van der Waals surface area contributed by atoms with Crippen molar-refractivity contribution in [1.29, 1.82) is 0 Å². The summed E-state index contributed by atoms with van der Waals surface area (Å²) in [6.07, 6.45) is 0. The molecule has 3 aromatic rings. The number of ether oxygens (including phenoxy) is 3. The fourth-order valence-corrected chi connectivity index (χ4v) is 4.46. The molecule has 188 valence electrons. The lowest BCUT2D eigenvalue weighted by atomic mass is 9.91. The minimum atomic E-state index is -0.782. The highest BCUT2D eigenvalue weighted by atomic mass is 16.6. The van der Waals surface area contributed by atoms with Crippen LogP contribution < -0.4 is 24.4 Å². The smallest absolute Gasteiger partial charge is 0.273 e. The maximum Gasteiger partial charge on any atom is 0.273 e. The van der Waals surface area contributed by atoms with Crippen LogP contribution in [0.1, 0.15) is 25.0 Å². The number of benzene rings is 3. The summed E-state index contributed by atoms with van der Waals surface area (Å²) in [5, 5.41) is 14.6. The monoisotopic (exact) mass is 491 g/mol. The Kier molecular flexibility index (Phi) is 6.49. The molecule has 0 radical (unpaired) electrons. The van der Waals surface area contributed by atoms with E-state index in [0.717, 1.165) is 27.9 Å². The van der Waals surface area contributed by atoms with Gasteiger partial charge in [0.05, 0.1) is 36.6 Å². The first-order valence-corrected chi connectivity index (χ1v) is 11.4. The first-order valence-electron chi connectivity index (χ1n) is 11.4. The summed E-state index contributed by atoms with van der Waals surface area (Å²) < 4.78 is 17.2. The molecular weight excluding hydrogens is 462 g/mol. The molecule has 9 nitrogen and oxygen atoms in total. The molecule has 1 N–H and O–H groups in total. The van der Waals surface area contributed by atoms with Crippen molar-refractivity contribution < 1.29 is 23.9 Å². The Balaban J connectivity index is 1.88. The predicted molar refractivity (Wildman–Crippen MR) is 138 cm³/mol. The second kappa shape index (κ2) is 9.41. The van der Waals surface area contributed by atoms with Crippen molar-refractivity contribution in [2.75, 3.05) is 31.5 Å². The van der Waals surface area contributed by atoms with Crippen molar-refractivity contribution in [3.05, 3.63) is 69.8 Å². The summed E-state index contributed by atoms with van der Waals surface area (Å²) in [4.78, 5) is 25.7. The standard InChI is InChI=1S/C27H29N3O6/c1-16-7-8-17(30(32)33)13-23(16)36-15-21-19(20-10-9-18(34-5)14-24(20)35-6)11-12-22-25(21)29(4)26(31)27(2,3)28-22/h7-14,28H,15H2,1-6H3. The Labute approximate surface area is 209 Å². The molecule has 0 bridgehead atoms. The number of hydrogen-bond acceptors (Lipinski definition) is 7. The molecule has 3 aromatic carbocycles. The van der Waals surface area contributed by atoms with Crippen molar-refractivity contribution in [3.63, 3.8) is 0 Å². The van der Waals surface area contributed by atoms with Gasteiger partial charge in [-0.1, -0.05) is 6.07 Å². The van der Waals surface area contributed by atoms with Crippen LogP contribution in [0.4, 0.5) is 17.1 Å². The van der Waals surface area contributed by atoms with Gasteiger partial charge in [0.25, 0.3) is 11.6 Å². The SMILES string of the molecule is COc1ccc(-c2ccc3c(c2COc2cc([N+](=O)[O-])ccc2C)N(C)C(=O)C(C)(C)N3)c(OC)c1. The quantitative estimate of drug-likeness (QED) is 0.352. The molecule has 36 heavy (non-hydrogen) atoms. The molecule has 1 heterocycles. The van der Waals surface area contributed by atoms with E-state index in [2.05, 4.69) is 5.32 Å². The number of rotatable bonds is 7. The summed E-state index contributed by atoms with van der Waals surface area (Å²) in [6.45, 7) is 5.55. The third-order valence-electron chi connectivity index (χ3n) is 6.36. The van der Waals surface area contributed by atoms with E-state index < -0.39 is 10.5 Å². The molecule has 1 aliphatic rings. The number of nitro benzene ring substituents is 1. The lowest BCUT2D eigenvalue weighted by Gasteiger charge is -2.39. The minimum Gasteiger partial charge on any atom is -0.497 e. The minimum absolute atomic E-state index is 0.0570. The van der Waals surface area contributed by atoms with Crippen LogP contribution in [0.3, 0.4) is 0 Å². The normalized spacial score (nSPS) is 14.1. The zero-order valence-corrected chi connectivity index (χ0v) is 21.2. The molecule has 0 fully saturated rings. The highest BCUT2D eigenvalue weighted by Gasteiger charge is 2.38. The van der Waals surface area contributed by atoms with Gasteiger partial charge in [-0.3, -0.25) is 14.9 Å². The second-order valence-electron chi connectivity index (χ2n) is 9.16. The van der Waals surface area contributed by atoms with Gasteiger partial charge >= 0.3 is 0 Å². The van der Waals surface area contributed by atoms with Crippen LogP contribution in [-0.4, -0.2) is 37.6 Å². The van der Waals surface area contributed by atoms with Gasteiger partial charge in [0.1, 0.15) is 29.4 Å². The number of aryl methyl sites for hydroxylation is 1. The van der Waals surface area contributed by atoms with Crippen LogP contribution in [-0.2, 0) is 11.4 Å². The number of likely N-dealkylation sites (N-methyl/N-ethyl adjacent to an activating group) is 1. The fourth-order valence-electron chi connectivity index (χ4n) is 4.46. The topological polar surface area (TPSA) is 103 Å². The summed E-state index contributed by atoms with van der Waals surface area (Å²) >= 11 is 0. The Bertz CT molecular complexity index is 1350. The number of methoxy groups -OCH3 is 2. The fraction of sp³-hybridized carbons (Fsp3) is 0.296. The number of non-ortho nitro benzene ring substituents is 1. The van der Waals surface area contributed by atoms with Gasteiger partial charge in [-0.05, 0) is 56.2 Å². The van der Waals surface area contributed by atoms with E-state index in [-0.39, 0.29) is 18.2 Å². The van der Waals surface area contributed by atoms with Crippen LogP contribution in [0.25, 0.3) is 11.1 Å². The van der Waals surface area contributed by atoms with E-state index in [1.54, 1.807) is 38.3 Å². The number of hydrogen-bond donors (Lipinski definition) is 1. The van der Waals surface area contributed by atoms with Crippen molar-refractivity contribution in [2.45, 2.75) is 32.9 Å². The first-order chi connectivity index (χ1) is 17.1. The average molecular weight is 492 g/mol. The Morgan fingerprint density at radius 3 is 2.39 bits per heavy atom. The van der Waals surface area contributed by atoms with Gasteiger partial charge < -0.3 is 24.4 Å². The highest BCUT2D eigenvalue weighted by molar-refractivity contribution is 6.08. The second-order valence-corrected chi connectivity index (χ2v) is 9.16. The van der Waals surface area contributed by atoms with E-state index >= 15 is 0 Å². The summed E-state index contributed by atoms with van der Waals surface area (Å²) in [5.41, 5.74) is 3.72. The largest absolute Gasteiger partial charge is 0.497 e. The molecule has 0 atom stereocenters. The molecule has 0 saturated heterocycles. The van der Waals surface area contributed by atoms with Gasteiger partial charge in [0, 0.05) is 30.3 Å². The molecule has 0 saturated carbocycles. The third kappa shape index (κ3) is 4.39. The van der Waals surface area contributed by atoms with Gasteiger partial charge in [-0.15, -0.1) is 0 Å². The number of nitro groups is 1. The van der Waals surface area contributed by atoms with Gasteiger partial charge in [-0.25, -0.2) is 0 Å². The molecule has 1 amide bonds. The lowest BCUT2D eigenvalue weighted by molar-refractivity contribution is -0.385. The summed E-state index contributed by atoms with van der Waals surface area (Å²) in [6, 6.07) is 13.9. The van der Waals surface area contributed by atoms with Gasteiger partial charge in [0.15, 0.2) is 0 Å². The zero-order chi connectivity index (χ0) is 26.2. The Morgan fingerprint density at radius 1 is 1.00 bits per heavy atom. The molecule has 4 rings (SSSR count). The van der Waals surface area contributed by atoms with Crippen LogP contribution in [0.5, 0.6) is 17.2 Å². The molecule has 0 aliphatic carbocycles. The summed E-state index contributed by atoms with van der Waals surface area (Å²) in [7, 11) is 4.90. The van der Waals surface area contributed by atoms with E-state index in [0.29, 0.717) is 22.9 Å². The van der Waals surface area contributed by atoms with E-state index in [1.165, 1.54) is 12.1 Å². The van der Waals surface area contributed by atoms with Crippen molar-refractivity contribution >= 4 is 23.0 Å². The number of nitrogens with zero attached hydrogens (tertiary/aromatic N) is 2. The highest BCUT2D eigenvalue weighted by Crippen LogP contribution is 2.45. The van der Waals surface area contributed by atoms with E-state index in [9.17, 15) is 14.9 Å². The van der Waals surface area contributed by atoms with Crippen molar-refractivity contribution in [1.82, 2.24) is 0 Å². The number of anilines is 2. The number of fused-ring (bicyclic) bond motifs is 1. The van der Waals surface area contributed by atoms with Crippen LogP contribution in [0.2, 0.25) is 0 Å². The number of carbonyl (C=O) groups is 1. The average Bonchev–Trinajstić information content (AvgIpc) is 2.85. The Hall–Kier alpha value is -4.27. The molecule has 0 unspecified atom stereocenters. The summed E-state index contributed by atoms with van der Waals surface area (Å²) in [5.74, 6) is 1.55. The van der Waals surface area contributed by atoms with E-state index in [4.69, 9.17) is 14.2 Å². The molecule has 0 spiro atoms. The molecule has 1 aliphatic heterocycles. The molecule has 9 heteroatoms. The Morgan fingerprint density at radius 2 is 1.72 bits per heavy atom. The maximum absolute atomic E-state index is 13.2. The van der Waals surface area contributed by atoms with Crippen molar-refractivity contribution in [2.24, 2.45) is 0 Å². The van der Waals surface area contributed by atoms with Crippen LogP contribution >= 0.6 is 0 Å². The van der Waals surface area contributed by atoms with Crippen molar-refractivity contribution in [3.8, 4) is 28.4 Å². The maximum atomic E-state index is 13.2. The van der Waals surface area contributed by atoms with Gasteiger partial charge in [-0.2, -0.15) is 0 Å². The zero-order valence-electron chi connectivity index (χ0n) is 21.2. The van der Waals surface area contributed by atoms with Crippen LogP contribution in [0.15, 0.2) is 48.5 Å². The third-order valence-corrected chi connectivity index (χ3v) is 6.36. The number of amides is 1. The van der Waals surface area contributed by atoms with Gasteiger partial charge in [0.2, 0.25) is 0 Å².